The first-order valence-electron chi connectivity index (χ1n) is 5.14. The van der Waals surface area contributed by atoms with Crippen molar-refractivity contribution in [3.63, 3.8) is 0 Å². The van der Waals surface area contributed by atoms with Crippen molar-refractivity contribution in [2.24, 2.45) is 0 Å². The molecule has 0 aliphatic carbocycles. The molecule has 2 rings (SSSR count). The number of ether oxygens (including phenoxy) is 1. The minimum absolute atomic E-state index is 0.00280. The molecule has 2 aromatic carbocycles. The van der Waals surface area contributed by atoms with E-state index >= 15 is 0 Å². The van der Waals surface area contributed by atoms with Gasteiger partial charge < -0.3 is 4.74 Å². The molecule has 0 saturated heterocycles. The van der Waals surface area contributed by atoms with E-state index in [4.69, 9.17) is 16.3 Å². The highest BCUT2D eigenvalue weighted by Gasteiger charge is 2.06. The molecule has 1 N–H and O–H groups in total. The van der Waals surface area contributed by atoms with Gasteiger partial charge in [0, 0.05) is 5.69 Å². The number of anilines is 1. The summed E-state index contributed by atoms with van der Waals surface area (Å²) < 4.78 is 18.1. The van der Waals surface area contributed by atoms with Gasteiger partial charge in [0.05, 0.1) is 5.02 Å². The van der Waals surface area contributed by atoms with Crippen molar-refractivity contribution in [1.82, 2.24) is 0 Å². The number of benzene rings is 2. The highest BCUT2D eigenvalue weighted by molar-refractivity contribution is 6.30. The van der Waals surface area contributed by atoms with Crippen LogP contribution in [0.1, 0.15) is 0 Å². The molecule has 5 heteroatoms. The second-order valence-corrected chi connectivity index (χ2v) is 3.86. The fraction of sp³-hybridized carbons (Fsp3) is 0. The number of para-hydroxylation sites is 1. The summed E-state index contributed by atoms with van der Waals surface area (Å²) in [6.07, 6.45) is -0.692. The molecule has 92 valence electrons. The van der Waals surface area contributed by atoms with Crippen LogP contribution in [-0.2, 0) is 0 Å². The van der Waals surface area contributed by atoms with Crippen LogP contribution in [0.2, 0.25) is 5.02 Å². The van der Waals surface area contributed by atoms with Gasteiger partial charge in [-0.2, -0.15) is 0 Å². The van der Waals surface area contributed by atoms with Crippen LogP contribution in [0.3, 0.4) is 0 Å². The lowest BCUT2D eigenvalue weighted by Gasteiger charge is -2.06. The van der Waals surface area contributed by atoms with Crippen molar-refractivity contribution in [3.8, 4) is 5.75 Å². The lowest BCUT2D eigenvalue weighted by atomic mass is 10.3. The Bertz CT molecular complexity index is 560. The molecule has 1 amide bonds. The summed E-state index contributed by atoms with van der Waals surface area (Å²) >= 11 is 5.53. The minimum atomic E-state index is -0.692. The first-order valence-corrected chi connectivity index (χ1v) is 5.52. The van der Waals surface area contributed by atoms with Gasteiger partial charge in [-0.3, -0.25) is 5.32 Å². The van der Waals surface area contributed by atoms with E-state index in [1.165, 1.54) is 12.1 Å². The molecule has 2 aromatic rings. The summed E-state index contributed by atoms with van der Waals surface area (Å²) in [6, 6.07) is 12.5. The Morgan fingerprint density at radius 3 is 2.56 bits per heavy atom. The van der Waals surface area contributed by atoms with E-state index in [0.717, 1.165) is 6.07 Å². The average Bonchev–Trinajstić information content (AvgIpc) is 2.35. The van der Waals surface area contributed by atoms with E-state index in [1.54, 1.807) is 30.3 Å². The van der Waals surface area contributed by atoms with E-state index in [2.05, 4.69) is 5.32 Å². The third kappa shape index (κ3) is 3.21. The summed E-state index contributed by atoms with van der Waals surface area (Å²) in [4.78, 5) is 11.5. The highest BCUT2D eigenvalue weighted by atomic mass is 35.5. The molecule has 0 saturated carbocycles. The Balaban J connectivity index is 2.01. The molecule has 0 aliphatic heterocycles. The topological polar surface area (TPSA) is 38.3 Å². The maximum atomic E-state index is 13.1. The number of hydrogen-bond acceptors (Lipinski definition) is 2. The average molecular weight is 266 g/mol. The Labute approximate surface area is 108 Å². The number of rotatable bonds is 2. The summed E-state index contributed by atoms with van der Waals surface area (Å²) in [5.74, 6) is -0.196. The fourth-order valence-electron chi connectivity index (χ4n) is 1.31. The number of hydrogen-bond donors (Lipinski definition) is 1. The molecule has 0 atom stereocenters. The predicted octanol–water partition coefficient (Wildman–Crippen LogP) is 4.09. The van der Waals surface area contributed by atoms with E-state index in [1.807, 2.05) is 0 Å². The Hall–Kier alpha value is -2.07. The lowest BCUT2D eigenvalue weighted by molar-refractivity contribution is 0.215. The molecule has 18 heavy (non-hydrogen) atoms. The number of halogens is 2. The lowest BCUT2D eigenvalue weighted by Crippen LogP contribution is -2.16. The molecule has 3 nitrogen and oxygen atoms in total. The van der Waals surface area contributed by atoms with Crippen molar-refractivity contribution < 1.29 is 13.9 Å². The van der Waals surface area contributed by atoms with E-state index in [-0.39, 0.29) is 10.7 Å². The molecule has 0 spiro atoms. The van der Waals surface area contributed by atoms with Crippen LogP contribution in [-0.4, -0.2) is 6.09 Å². The SMILES string of the molecule is O=C(Nc1ccc(Cl)c(F)c1)Oc1ccccc1. The van der Waals surface area contributed by atoms with Gasteiger partial charge >= 0.3 is 6.09 Å². The van der Waals surface area contributed by atoms with Gasteiger partial charge in [-0.05, 0) is 30.3 Å². The molecular weight excluding hydrogens is 257 g/mol. The summed E-state index contributed by atoms with van der Waals surface area (Å²) in [5, 5.41) is 2.40. The molecule has 0 heterocycles. The monoisotopic (exact) mass is 265 g/mol. The molecule has 0 bridgehead atoms. The number of amides is 1. The second kappa shape index (κ2) is 5.51. The third-order valence-corrected chi connectivity index (χ3v) is 2.43. The fourth-order valence-corrected chi connectivity index (χ4v) is 1.43. The standard InChI is InChI=1S/C13H9ClFNO2/c14-11-7-6-9(8-12(11)15)16-13(17)18-10-4-2-1-3-5-10/h1-8H,(H,16,17). The van der Waals surface area contributed by atoms with Crippen LogP contribution in [0.15, 0.2) is 48.5 Å². The maximum absolute atomic E-state index is 13.1. The number of carbonyl (C=O) groups is 1. The molecule has 0 unspecified atom stereocenters. The van der Waals surface area contributed by atoms with Crippen LogP contribution in [0.25, 0.3) is 0 Å². The van der Waals surface area contributed by atoms with Crippen LogP contribution in [0.5, 0.6) is 5.75 Å². The maximum Gasteiger partial charge on any atom is 0.417 e. The van der Waals surface area contributed by atoms with Crippen molar-refractivity contribution in [2.75, 3.05) is 5.32 Å². The van der Waals surface area contributed by atoms with E-state index < -0.39 is 11.9 Å². The van der Waals surface area contributed by atoms with Crippen LogP contribution in [0.4, 0.5) is 14.9 Å². The van der Waals surface area contributed by atoms with Gasteiger partial charge in [-0.25, -0.2) is 9.18 Å². The molecule has 0 fully saturated rings. The Morgan fingerprint density at radius 1 is 1.17 bits per heavy atom. The van der Waals surface area contributed by atoms with Crippen LogP contribution >= 0.6 is 11.6 Å². The zero-order valence-electron chi connectivity index (χ0n) is 9.19. The van der Waals surface area contributed by atoms with E-state index in [0.29, 0.717) is 5.75 Å². The molecule has 0 aromatic heterocycles. The van der Waals surface area contributed by atoms with Crippen molar-refractivity contribution >= 4 is 23.4 Å². The van der Waals surface area contributed by atoms with Gasteiger partial charge in [-0.15, -0.1) is 0 Å². The molecular formula is C13H9ClFNO2. The highest BCUT2D eigenvalue weighted by Crippen LogP contribution is 2.19. The van der Waals surface area contributed by atoms with Gasteiger partial charge in [-0.1, -0.05) is 29.8 Å². The van der Waals surface area contributed by atoms with Crippen molar-refractivity contribution in [2.45, 2.75) is 0 Å². The van der Waals surface area contributed by atoms with Gasteiger partial charge in [0.15, 0.2) is 0 Å². The third-order valence-electron chi connectivity index (χ3n) is 2.12. The first-order chi connectivity index (χ1) is 8.65. The summed E-state index contributed by atoms with van der Waals surface area (Å²) in [7, 11) is 0. The molecule has 0 aliphatic rings. The van der Waals surface area contributed by atoms with E-state index in [9.17, 15) is 9.18 Å². The smallest absolute Gasteiger partial charge is 0.410 e. The second-order valence-electron chi connectivity index (χ2n) is 3.46. The quantitative estimate of drug-likeness (QED) is 0.888. The molecule has 0 radical (unpaired) electrons. The summed E-state index contributed by atoms with van der Waals surface area (Å²) in [6.45, 7) is 0. The van der Waals surface area contributed by atoms with Gasteiger partial charge in [0.25, 0.3) is 0 Å². The van der Waals surface area contributed by atoms with Gasteiger partial charge in [0.2, 0.25) is 0 Å². The first kappa shape index (κ1) is 12.4. The van der Waals surface area contributed by atoms with Crippen molar-refractivity contribution in [3.05, 3.63) is 59.4 Å². The largest absolute Gasteiger partial charge is 0.417 e. The van der Waals surface area contributed by atoms with Crippen molar-refractivity contribution in [1.29, 1.82) is 0 Å². The van der Waals surface area contributed by atoms with Crippen LogP contribution in [0, 0.1) is 5.82 Å². The van der Waals surface area contributed by atoms with Gasteiger partial charge in [0.1, 0.15) is 11.6 Å². The zero-order valence-corrected chi connectivity index (χ0v) is 9.95. The number of nitrogens with one attached hydrogen (secondary N) is 1. The minimum Gasteiger partial charge on any atom is -0.410 e. The Kier molecular flexibility index (Phi) is 3.79. The predicted molar refractivity (Wildman–Crippen MR) is 67.5 cm³/mol. The summed E-state index contributed by atoms with van der Waals surface area (Å²) in [5.41, 5.74) is 0.276. The normalized spacial score (nSPS) is 9.89. The zero-order chi connectivity index (χ0) is 13.0. The number of carbonyl (C=O) groups excluding carboxylic acids is 1. The van der Waals surface area contributed by atoms with Crippen LogP contribution < -0.4 is 10.1 Å². The Morgan fingerprint density at radius 2 is 1.89 bits per heavy atom.